The molecular formula is C17H26N2O4S. The number of hydrogen-bond donors (Lipinski definition) is 1. The summed E-state index contributed by atoms with van der Waals surface area (Å²) in [4.78, 5) is 12.4. The summed E-state index contributed by atoms with van der Waals surface area (Å²) in [5.74, 6) is -0.262. The fourth-order valence-corrected chi connectivity index (χ4v) is 4.24. The minimum atomic E-state index is -3.52. The van der Waals surface area contributed by atoms with Crippen LogP contribution in [0.15, 0.2) is 29.2 Å². The topological polar surface area (TPSA) is 75.7 Å². The van der Waals surface area contributed by atoms with Gasteiger partial charge in [-0.05, 0) is 44.4 Å². The predicted octanol–water partition coefficient (Wildman–Crippen LogP) is 2.02. The molecule has 1 fully saturated rings. The van der Waals surface area contributed by atoms with Gasteiger partial charge in [-0.25, -0.2) is 8.42 Å². The van der Waals surface area contributed by atoms with E-state index in [-0.39, 0.29) is 10.8 Å². The van der Waals surface area contributed by atoms with E-state index < -0.39 is 10.0 Å². The monoisotopic (exact) mass is 354 g/mol. The van der Waals surface area contributed by atoms with Crippen molar-refractivity contribution in [2.24, 2.45) is 0 Å². The zero-order valence-corrected chi connectivity index (χ0v) is 15.0. The Morgan fingerprint density at radius 1 is 1.25 bits per heavy atom. The van der Waals surface area contributed by atoms with Crippen LogP contribution < -0.4 is 5.32 Å². The summed E-state index contributed by atoms with van der Waals surface area (Å²) >= 11 is 0. The Balaban J connectivity index is 2.01. The lowest BCUT2D eigenvalue weighted by molar-refractivity contribution is 0.0944. The van der Waals surface area contributed by atoms with E-state index in [0.717, 1.165) is 25.7 Å². The van der Waals surface area contributed by atoms with Gasteiger partial charge in [0.25, 0.3) is 5.91 Å². The van der Waals surface area contributed by atoms with Crippen LogP contribution in [-0.4, -0.2) is 51.5 Å². The average Bonchev–Trinajstić information content (AvgIpc) is 2.62. The van der Waals surface area contributed by atoms with Gasteiger partial charge in [-0.2, -0.15) is 4.31 Å². The van der Waals surface area contributed by atoms with Crippen LogP contribution in [0.5, 0.6) is 0 Å². The number of nitrogens with zero attached hydrogens (tertiary/aromatic N) is 1. The highest BCUT2D eigenvalue weighted by atomic mass is 32.2. The number of benzene rings is 1. The number of piperidine rings is 1. The third-order valence-corrected chi connectivity index (χ3v) is 5.90. The van der Waals surface area contributed by atoms with Crippen molar-refractivity contribution < 1.29 is 17.9 Å². The van der Waals surface area contributed by atoms with Crippen LogP contribution in [-0.2, 0) is 14.8 Å². The third kappa shape index (κ3) is 5.03. The molecular weight excluding hydrogens is 328 g/mol. The first-order valence-corrected chi connectivity index (χ1v) is 9.96. The van der Waals surface area contributed by atoms with Gasteiger partial charge >= 0.3 is 0 Å². The summed E-state index contributed by atoms with van der Waals surface area (Å²) in [7, 11) is -3.52. The van der Waals surface area contributed by atoms with Crippen LogP contribution in [0.1, 0.15) is 43.0 Å². The van der Waals surface area contributed by atoms with Crippen molar-refractivity contribution in [3.05, 3.63) is 29.8 Å². The quantitative estimate of drug-likeness (QED) is 0.725. The van der Waals surface area contributed by atoms with Crippen LogP contribution in [0.4, 0.5) is 0 Å². The summed E-state index contributed by atoms with van der Waals surface area (Å²) in [6.45, 7) is 4.78. The molecule has 1 amide bonds. The maximum absolute atomic E-state index is 12.7. The molecule has 0 unspecified atom stereocenters. The second-order valence-electron chi connectivity index (χ2n) is 5.80. The molecule has 1 heterocycles. The van der Waals surface area contributed by atoms with E-state index in [9.17, 15) is 13.2 Å². The van der Waals surface area contributed by atoms with Gasteiger partial charge < -0.3 is 10.1 Å². The Hall–Kier alpha value is -1.44. The van der Waals surface area contributed by atoms with Crippen molar-refractivity contribution >= 4 is 15.9 Å². The minimum absolute atomic E-state index is 0.186. The van der Waals surface area contributed by atoms with Crippen molar-refractivity contribution in [1.29, 1.82) is 0 Å². The van der Waals surface area contributed by atoms with E-state index in [0.29, 0.717) is 38.4 Å². The van der Waals surface area contributed by atoms with Crippen molar-refractivity contribution in [3.63, 3.8) is 0 Å². The predicted molar refractivity (Wildman–Crippen MR) is 92.5 cm³/mol. The Morgan fingerprint density at radius 3 is 2.71 bits per heavy atom. The Bertz CT molecular complexity index is 640. The van der Waals surface area contributed by atoms with Crippen LogP contribution in [0, 0.1) is 0 Å². The van der Waals surface area contributed by atoms with Crippen molar-refractivity contribution in [1.82, 2.24) is 9.62 Å². The van der Waals surface area contributed by atoms with Gasteiger partial charge in [-0.15, -0.1) is 0 Å². The third-order valence-electron chi connectivity index (χ3n) is 4.00. The minimum Gasteiger partial charge on any atom is -0.382 e. The van der Waals surface area contributed by atoms with Gasteiger partial charge in [0.2, 0.25) is 10.0 Å². The van der Waals surface area contributed by atoms with Gasteiger partial charge in [0.15, 0.2) is 0 Å². The highest BCUT2D eigenvalue weighted by Gasteiger charge is 2.26. The number of carbonyl (C=O) groups is 1. The molecule has 2 rings (SSSR count). The molecule has 24 heavy (non-hydrogen) atoms. The first kappa shape index (κ1) is 18.9. The van der Waals surface area contributed by atoms with Gasteiger partial charge in [0.05, 0.1) is 4.90 Å². The van der Waals surface area contributed by atoms with Gasteiger partial charge in [0.1, 0.15) is 0 Å². The lowest BCUT2D eigenvalue weighted by Gasteiger charge is -2.26. The normalized spacial score (nSPS) is 16.0. The molecule has 0 atom stereocenters. The average molecular weight is 354 g/mol. The summed E-state index contributed by atoms with van der Waals surface area (Å²) in [6.07, 6.45) is 3.57. The molecule has 1 aliphatic heterocycles. The SMILES string of the molecule is CCOCCCNC(=O)c1cccc(S(=O)(=O)N2CCCCC2)c1. The van der Waals surface area contributed by atoms with Crippen LogP contribution in [0.3, 0.4) is 0 Å². The van der Waals surface area contributed by atoms with Crippen LogP contribution >= 0.6 is 0 Å². The van der Waals surface area contributed by atoms with Crippen LogP contribution in [0.25, 0.3) is 0 Å². The van der Waals surface area contributed by atoms with Crippen molar-refractivity contribution in [2.75, 3.05) is 32.8 Å². The molecule has 134 valence electrons. The number of amides is 1. The molecule has 0 saturated carbocycles. The Kier molecular flexibility index (Phi) is 7.20. The van der Waals surface area contributed by atoms with Crippen LogP contribution in [0.2, 0.25) is 0 Å². The molecule has 6 nitrogen and oxygen atoms in total. The van der Waals surface area contributed by atoms with Gasteiger partial charge in [0, 0.05) is 38.4 Å². The Morgan fingerprint density at radius 2 is 2.00 bits per heavy atom. The second-order valence-corrected chi connectivity index (χ2v) is 7.74. The summed E-state index contributed by atoms with van der Waals surface area (Å²) in [5, 5.41) is 2.79. The maximum atomic E-state index is 12.7. The summed E-state index contributed by atoms with van der Waals surface area (Å²) < 4.78 is 32.1. The molecule has 0 aromatic heterocycles. The number of sulfonamides is 1. The lowest BCUT2D eigenvalue weighted by Crippen LogP contribution is -2.35. The highest BCUT2D eigenvalue weighted by Crippen LogP contribution is 2.21. The zero-order valence-electron chi connectivity index (χ0n) is 14.2. The number of hydrogen-bond acceptors (Lipinski definition) is 4. The standard InChI is InChI=1S/C17H26N2O4S/c1-2-23-13-7-10-18-17(20)15-8-6-9-16(14-15)24(21,22)19-11-4-3-5-12-19/h6,8-9,14H,2-5,7,10-13H2,1H3,(H,18,20). The van der Waals surface area contributed by atoms with Crippen molar-refractivity contribution in [3.8, 4) is 0 Å². The first-order valence-electron chi connectivity index (χ1n) is 8.52. The molecule has 0 spiro atoms. The highest BCUT2D eigenvalue weighted by molar-refractivity contribution is 7.89. The fraction of sp³-hybridized carbons (Fsp3) is 0.588. The van der Waals surface area contributed by atoms with Gasteiger partial charge in [-0.3, -0.25) is 4.79 Å². The second kappa shape index (κ2) is 9.15. The van der Waals surface area contributed by atoms with Crippen molar-refractivity contribution in [2.45, 2.75) is 37.5 Å². The zero-order chi connectivity index (χ0) is 17.4. The fourth-order valence-electron chi connectivity index (χ4n) is 2.67. The Labute approximate surface area is 144 Å². The van der Waals surface area contributed by atoms with E-state index in [1.807, 2.05) is 6.92 Å². The molecule has 1 aromatic rings. The van der Waals surface area contributed by atoms with E-state index in [4.69, 9.17) is 4.74 Å². The summed E-state index contributed by atoms with van der Waals surface area (Å²) in [6, 6.07) is 6.26. The number of rotatable bonds is 8. The molecule has 7 heteroatoms. The molecule has 0 bridgehead atoms. The van der Waals surface area contributed by atoms with E-state index >= 15 is 0 Å². The maximum Gasteiger partial charge on any atom is 0.251 e. The number of ether oxygens (including phenoxy) is 1. The molecule has 1 aliphatic rings. The van der Waals surface area contributed by atoms with E-state index in [1.54, 1.807) is 18.2 Å². The van der Waals surface area contributed by atoms with Gasteiger partial charge in [-0.1, -0.05) is 12.5 Å². The lowest BCUT2D eigenvalue weighted by atomic mass is 10.2. The summed E-state index contributed by atoms with van der Waals surface area (Å²) in [5.41, 5.74) is 0.365. The molecule has 1 saturated heterocycles. The molecule has 0 aliphatic carbocycles. The molecule has 0 radical (unpaired) electrons. The molecule has 1 aromatic carbocycles. The van der Waals surface area contributed by atoms with E-state index in [1.165, 1.54) is 10.4 Å². The molecule has 1 N–H and O–H groups in total. The largest absolute Gasteiger partial charge is 0.382 e. The van der Waals surface area contributed by atoms with E-state index in [2.05, 4.69) is 5.32 Å². The number of carbonyl (C=O) groups excluding carboxylic acids is 1. The number of nitrogens with one attached hydrogen (secondary N) is 1. The first-order chi connectivity index (χ1) is 11.6. The smallest absolute Gasteiger partial charge is 0.251 e.